The van der Waals surface area contributed by atoms with Crippen molar-refractivity contribution in [1.82, 2.24) is 25.1 Å². The van der Waals surface area contributed by atoms with Crippen LogP contribution in [-0.4, -0.2) is 55.3 Å². The molecule has 2 aromatic rings. The molecule has 0 saturated heterocycles. The fraction of sp³-hybridized carbons (Fsp3) is 0.500. The molecule has 1 unspecified atom stereocenters. The number of rotatable bonds is 6. The van der Waals surface area contributed by atoms with E-state index in [-0.39, 0.29) is 24.7 Å². The molecule has 0 aliphatic heterocycles. The molecule has 0 aliphatic carbocycles. The number of carbonyl (C=O) groups is 1. The number of hydrogen-bond acceptors (Lipinski definition) is 5. The van der Waals surface area contributed by atoms with Gasteiger partial charge in [-0.25, -0.2) is 9.07 Å². The molecule has 7 nitrogen and oxygen atoms in total. The molecule has 0 saturated carbocycles. The van der Waals surface area contributed by atoms with Gasteiger partial charge >= 0.3 is 0 Å². The third-order valence-corrected chi connectivity index (χ3v) is 3.56. The first-order chi connectivity index (χ1) is 11.2. The molecule has 0 bridgehead atoms. The van der Waals surface area contributed by atoms with Gasteiger partial charge in [0.25, 0.3) is 0 Å². The van der Waals surface area contributed by atoms with E-state index in [4.69, 9.17) is 0 Å². The number of benzene rings is 1. The largest absolute Gasteiger partial charge is 0.389 e. The number of aryl methyl sites for hydroxylation is 1. The number of hydrogen-bond donors (Lipinski definition) is 1. The van der Waals surface area contributed by atoms with E-state index in [9.17, 15) is 14.3 Å². The van der Waals surface area contributed by atoms with Gasteiger partial charge in [-0.15, -0.1) is 5.10 Å². The minimum absolute atomic E-state index is 0.159. The monoisotopic (exact) mass is 335 g/mol. The molecule has 0 radical (unpaired) electrons. The van der Waals surface area contributed by atoms with Gasteiger partial charge in [-0.1, -0.05) is 12.1 Å². The molecule has 0 aliphatic rings. The number of aliphatic hydroxyl groups is 1. The predicted octanol–water partition coefficient (Wildman–Crippen LogP) is 1.13. The van der Waals surface area contributed by atoms with Crippen LogP contribution >= 0.6 is 0 Å². The average molecular weight is 335 g/mol. The van der Waals surface area contributed by atoms with E-state index in [2.05, 4.69) is 15.5 Å². The van der Waals surface area contributed by atoms with E-state index in [0.717, 1.165) is 0 Å². The molecule has 1 amide bonds. The summed E-state index contributed by atoms with van der Waals surface area (Å²) in [5, 5.41) is 21.2. The van der Waals surface area contributed by atoms with Crippen LogP contribution in [0.3, 0.4) is 0 Å². The van der Waals surface area contributed by atoms with Gasteiger partial charge < -0.3 is 10.0 Å². The summed E-state index contributed by atoms with van der Waals surface area (Å²) in [4.78, 5) is 14.3. The zero-order valence-corrected chi connectivity index (χ0v) is 14.3. The number of tetrazole rings is 1. The maximum absolute atomic E-state index is 13.4. The van der Waals surface area contributed by atoms with Crippen LogP contribution in [-0.2, 0) is 11.2 Å². The normalized spacial score (nSPS) is 12.9. The van der Waals surface area contributed by atoms with E-state index in [0.29, 0.717) is 11.4 Å². The Labute approximate surface area is 140 Å². The molecule has 24 heavy (non-hydrogen) atoms. The van der Waals surface area contributed by atoms with Gasteiger partial charge in [0.1, 0.15) is 17.7 Å². The number of amides is 1. The van der Waals surface area contributed by atoms with Crippen LogP contribution in [0.15, 0.2) is 24.3 Å². The van der Waals surface area contributed by atoms with Crippen molar-refractivity contribution in [1.29, 1.82) is 0 Å². The Morgan fingerprint density at radius 3 is 2.71 bits per heavy atom. The maximum atomic E-state index is 13.4. The number of nitrogens with zero attached hydrogens (tertiary/aromatic N) is 5. The van der Waals surface area contributed by atoms with Crippen molar-refractivity contribution < 1.29 is 14.3 Å². The molecule has 1 atom stereocenters. The van der Waals surface area contributed by atoms with Gasteiger partial charge in [0.05, 0.1) is 5.60 Å². The first kappa shape index (κ1) is 18.0. The van der Waals surface area contributed by atoms with Crippen LogP contribution in [0.2, 0.25) is 0 Å². The summed E-state index contributed by atoms with van der Waals surface area (Å²) < 4.78 is 14.9. The average Bonchev–Trinajstić information content (AvgIpc) is 2.88. The molecule has 0 fully saturated rings. The molecule has 1 heterocycles. The Hall–Kier alpha value is -2.35. The van der Waals surface area contributed by atoms with Crippen molar-refractivity contribution in [3.63, 3.8) is 0 Å². The lowest BCUT2D eigenvalue weighted by Gasteiger charge is -2.29. The number of likely N-dealkylation sites (N-methyl/N-ethyl adjacent to an activating group) is 1. The summed E-state index contributed by atoms with van der Waals surface area (Å²) in [5.41, 5.74) is -0.358. The molecule has 0 spiro atoms. The highest BCUT2D eigenvalue weighted by atomic mass is 19.1. The van der Waals surface area contributed by atoms with Crippen molar-refractivity contribution in [3.05, 3.63) is 41.5 Å². The smallest absolute Gasteiger partial charge is 0.247 e. The van der Waals surface area contributed by atoms with Gasteiger partial charge in [-0.3, -0.25) is 4.79 Å². The van der Waals surface area contributed by atoms with Crippen LogP contribution in [0.5, 0.6) is 0 Å². The topological polar surface area (TPSA) is 84.1 Å². The molecule has 1 aromatic carbocycles. The quantitative estimate of drug-likeness (QED) is 0.855. The van der Waals surface area contributed by atoms with Crippen LogP contribution in [0, 0.1) is 12.7 Å². The highest BCUT2D eigenvalue weighted by Crippen LogP contribution is 2.19. The highest BCUT2D eigenvalue weighted by molar-refractivity contribution is 5.80. The number of carbonyl (C=O) groups excluding carboxylic acids is 1. The molecule has 8 heteroatoms. The Morgan fingerprint density at radius 2 is 2.17 bits per heavy atom. The van der Waals surface area contributed by atoms with Crippen molar-refractivity contribution in [2.24, 2.45) is 0 Å². The lowest BCUT2D eigenvalue weighted by atomic mass is 10.0. The van der Waals surface area contributed by atoms with Crippen molar-refractivity contribution in [3.8, 4) is 0 Å². The Bertz CT molecular complexity index is 710. The number of aromatic nitrogens is 4. The van der Waals surface area contributed by atoms with Crippen LogP contribution < -0.4 is 0 Å². The van der Waals surface area contributed by atoms with Crippen LogP contribution in [0.1, 0.15) is 31.3 Å². The number of halogens is 1. The van der Waals surface area contributed by atoms with Crippen molar-refractivity contribution >= 4 is 5.91 Å². The maximum Gasteiger partial charge on any atom is 0.247 e. The Morgan fingerprint density at radius 1 is 1.46 bits per heavy atom. The lowest BCUT2D eigenvalue weighted by molar-refractivity contribution is -0.136. The molecule has 130 valence electrons. The minimum atomic E-state index is -1.02. The Kier molecular flexibility index (Phi) is 5.28. The highest BCUT2D eigenvalue weighted by Gasteiger charge is 2.29. The molecular formula is C16H22FN5O2. The third-order valence-electron chi connectivity index (χ3n) is 3.56. The van der Waals surface area contributed by atoms with Gasteiger partial charge in [-0.05, 0) is 48.9 Å². The van der Waals surface area contributed by atoms with E-state index in [1.807, 2.05) is 0 Å². The lowest BCUT2D eigenvalue weighted by Crippen LogP contribution is -2.43. The third kappa shape index (κ3) is 4.58. The van der Waals surface area contributed by atoms with Gasteiger partial charge in [0.2, 0.25) is 5.91 Å². The fourth-order valence-electron chi connectivity index (χ4n) is 2.60. The Balaban J connectivity index is 2.30. The van der Waals surface area contributed by atoms with Crippen LogP contribution in [0.25, 0.3) is 0 Å². The minimum Gasteiger partial charge on any atom is -0.389 e. The second-order valence-electron chi connectivity index (χ2n) is 6.53. The molecule has 1 aromatic heterocycles. The van der Waals surface area contributed by atoms with Crippen molar-refractivity contribution in [2.75, 3.05) is 13.6 Å². The SMILES string of the molecule is Cc1nnnn1C(Cc1cccc(F)c1)C(=O)N(C)CC(C)(C)O. The van der Waals surface area contributed by atoms with E-state index in [1.165, 1.54) is 21.7 Å². The standard InChI is InChI=1S/C16H22FN5O2/c1-11-18-19-20-22(11)14(9-12-6-5-7-13(17)8-12)15(23)21(4)10-16(2,3)24/h5-8,14,24H,9-10H2,1-4H3. The van der Waals surface area contributed by atoms with E-state index < -0.39 is 11.6 Å². The van der Waals surface area contributed by atoms with Gasteiger partial charge in [0.15, 0.2) is 0 Å². The molecule has 2 rings (SSSR count). The van der Waals surface area contributed by atoms with E-state index >= 15 is 0 Å². The van der Waals surface area contributed by atoms with E-state index in [1.54, 1.807) is 40.0 Å². The summed E-state index contributed by atoms with van der Waals surface area (Å²) >= 11 is 0. The zero-order valence-electron chi connectivity index (χ0n) is 14.3. The van der Waals surface area contributed by atoms with Gasteiger partial charge in [0, 0.05) is 20.0 Å². The second kappa shape index (κ2) is 7.04. The summed E-state index contributed by atoms with van der Waals surface area (Å²) in [6.07, 6.45) is 0.249. The van der Waals surface area contributed by atoms with Crippen LogP contribution in [0.4, 0.5) is 4.39 Å². The molecular weight excluding hydrogens is 313 g/mol. The second-order valence-corrected chi connectivity index (χ2v) is 6.53. The first-order valence-electron chi connectivity index (χ1n) is 7.63. The summed E-state index contributed by atoms with van der Waals surface area (Å²) in [6.45, 7) is 5.11. The fourth-order valence-corrected chi connectivity index (χ4v) is 2.60. The van der Waals surface area contributed by atoms with Gasteiger partial charge in [-0.2, -0.15) is 0 Å². The predicted molar refractivity (Wildman–Crippen MR) is 85.6 cm³/mol. The summed E-state index contributed by atoms with van der Waals surface area (Å²) in [7, 11) is 1.61. The summed E-state index contributed by atoms with van der Waals surface area (Å²) in [5.74, 6) is -0.129. The molecule has 1 N–H and O–H groups in total. The van der Waals surface area contributed by atoms with Crippen molar-refractivity contribution in [2.45, 2.75) is 38.8 Å². The summed E-state index contributed by atoms with van der Waals surface area (Å²) in [6, 6.07) is 5.37. The zero-order chi connectivity index (χ0) is 17.9. The first-order valence-corrected chi connectivity index (χ1v) is 7.63.